The van der Waals surface area contributed by atoms with E-state index in [1.165, 1.54) is 17.3 Å². The third kappa shape index (κ3) is 5.40. The number of nitrogens with zero attached hydrogens (tertiary/aromatic N) is 4. The van der Waals surface area contributed by atoms with Crippen molar-refractivity contribution in [2.24, 2.45) is 0 Å². The minimum Gasteiger partial charge on any atom is -0.349 e. The van der Waals surface area contributed by atoms with Gasteiger partial charge in [0.1, 0.15) is 0 Å². The molecule has 0 aliphatic rings. The Balaban J connectivity index is 1.52. The predicted octanol–water partition coefficient (Wildman–Crippen LogP) is 3.25. The van der Waals surface area contributed by atoms with Gasteiger partial charge in [-0.15, -0.1) is 5.10 Å². The lowest BCUT2D eigenvalue weighted by Crippen LogP contribution is -2.28. The molecule has 1 unspecified atom stereocenters. The van der Waals surface area contributed by atoms with Crippen molar-refractivity contribution in [3.8, 4) is 0 Å². The van der Waals surface area contributed by atoms with Crippen molar-refractivity contribution in [1.29, 1.82) is 0 Å². The zero-order valence-corrected chi connectivity index (χ0v) is 16.3. The van der Waals surface area contributed by atoms with Crippen molar-refractivity contribution in [1.82, 2.24) is 25.5 Å². The van der Waals surface area contributed by atoms with Crippen molar-refractivity contribution >= 4 is 17.7 Å². The van der Waals surface area contributed by atoms with E-state index in [0.29, 0.717) is 11.7 Å². The highest BCUT2D eigenvalue weighted by Gasteiger charge is 2.13. The van der Waals surface area contributed by atoms with Gasteiger partial charge in [-0.25, -0.2) is 4.68 Å². The molecular formula is C20H23N5OS. The number of rotatable bonds is 8. The topological polar surface area (TPSA) is 72.7 Å². The summed E-state index contributed by atoms with van der Waals surface area (Å²) in [5.41, 5.74) is 3.50. The smallest absolute Gasteiger partial charge is 0.230 e. The molecule has 27 heavy (non-hydrogen) atoms. The first-order valence-corrected chi connectivity index (χ1v) is 9.95. The second-order valence-corrected chi connectivity index (χ2v) is 7.22. The van der Waals surface area contributed by atoms with Gasteiger partial charge in [0.2, 0.25) is 11.1 Å². The van der Waals surface area contributed by atoms with Crippen LogP contribution in [0.4, 0.5) is 0 Å². The van der Waals surface area contributed by atoms with E-state index in [2.05, 4.69) is 52.0 Å². The molecule has 2 aromatic carbocycles. The van der Waals surface area contributed by atoms with Crippen molar-refractivity contribution in [3.05, 3.63) is 71.3 Å². The largest absolute Gasteiger partial charge is 0.349 e. The van der Waals surface area contributed by atoms with Gasteiger partial charge < -0.3 is 5.32 Å². The van der Waals surface area contributed by atoms with Gasteiger partial charge in [-0.2, -0.15) is 0 Å². The Labute approximate surface area is 163 Å². The second kappa shape index (κ2) is 9.32. The standard InChI is InChI=1S/C20H23N5OS/c1-3-16-9-11-18(12-10-16)15(2)21-19(26)14-27-20-22-23-24-25(20)13-17-7-5-4-6-8-17/h4-12,15H,3,13-14H2,1-2H3,(H,21,26). The maximum absolute atomic E-state index is 12.3. The summed E-state index contributed by atoms with van der Waals surface area (Å²) < 4.78 is 1.71. The lowest BCUT2D eigenvalue weighted by molar-refractivity contribution is -0.119. The van der Waals surface area contributed by atoms with Crippen LogP contribution < -0.4 is 5.32 Å². The van der Waals surface area contributed by atoms with Gasteiger partial charge in [0.15, 0.2) is 0 Å². The first-order valence-electron chi connectivity index (χ1n) is 8.96. The molecular weight excluding hydrogens is 358 g/mol. The average molecular weight is 382 g/mol. The van der Waals surface area contributed by atoms with Gasteiger partial charge in [0.05, 0.1) is 18.3 Å². The molecule has 6 nitrogen and oxygen atoms in total. The highest BCUT2D eigenvalue weighted by atomic mass is 32.2. The van der Waals surface area contributed by atoms with Gasteiger partial charge in [-0.1, -0.05) is 73.3 Å². The molecule has 0 bridgehead atoms. The van der Waals surface area contributed by atoms with Gasteiger partial charge >= 0.3 is 0 Å². The van der Waals surface area contributed by atoms with Crippen LogP contribution in [0.5, 0.6) is 0 Å². The minimum atomic E-state index is -0.0404. The SMILES string of the molecule is CCc1ccc(C(C)NC(=O)CSc2nnnn2Cc2ccccc2)cc1. The molecule has 1 aromatic heterocycles. The Morgan fingerprint density at radius 3 is 2.56 bits per heavy atom. The van der Waals surface area contributed by atoms with Crippen molar-refractivity contribution in [2.75, 3.05) is 5.75 Å². The third-order valence-corrected chi connectivity index (χ3v) is 5.23. The number of amides is 1. The molecule has 0 saturated carbocycles. The molecule has 1 amide bonds. The maximum atomic E-state index is 12.3. The molecule has 1 atom stereocenters. The van der Waals surface area contributed by atoms with Gasteiger partial charge in [0.25, 0.3) is 0 Å². The van der Waals surface area contributed by atoms with Crippen LogP contribution in [0.2, 0.25) is 0 Å². The maximum Gasteiger partial charge on any atom is 0.230 e. The molecule has 7 heteroatoms. The van der Waals surface area contributed by atoms with Crippen LogP contribution in [0.3, 0.4) is 0 Å². The number of hydrogen-bond donors (Lipinski definition) is 1. The summed E-state index contributed by atoms with van der Waals surface area (Å²) in [7, 11) is 0. The molecule has 0 aliphatic heterocycles. The molecule has 0 spiro atoms. The van der Waals surface area contributed by atoms with E-state index < -0.39 is 0 Å². The van der Waals surface area contributed by atoms with E-state index in [-0.39, 0.29) is 17.7 Å². The Morgan fingerprint density at radius 2 is 1.85 bits per heavy atom. The fourth-order valence-electron chi connectivity index (χ4n) is 2.69. The molecule has 140 valence electrons. The number of nitrogens with one attached hydrogen (secondary N) is 1. The van der Waals surface area contributed by atoms with Gasteiger partial charge in [-0.3, -0.25) is 4.79 Å². The Bertz CT molecular complexity index is 864. The van der Waals surface area contributed by atoms with Crippen LogP contribution in [0.1, 0.15) is 36.6 Å². The lowest BCUT2D eigenvalue weighted by Gasteiger charge is -2.14. The summed E-state index contributed by atoms with van der Waals surface area (Å²) in [5.74, 6) is 0.230. The summed E-state index contributed by atoms with van der Waals surface area (Å²) in [6.45, 7) is 4.70. The van der Waals surface area contributed by atoms with Crippen LogP contribution >= 0.6 is 11.8 Å². The molecule has 1 N–H and O–H groups in total. The second-order valence-electron chi connectivity index (χ2n) is 6.28. The molecule has 1 heterocycles. The molecule has 0 saturated heterocycles. The van der Waals surface area contributed by atoms with Crippen LogP contribution in [0.25, 0.3) is 0 Å². The molecule has 0 fully saturated rings. The summed E-state index contributed by atoms with van der Waals surface area (Å²) in [4.78, 5) is 12.3. The zero-order chi connectivity index (χ0) is 19.1. The lowest BCUT2D eigenvalue weighted by atomic mass is 10.1. The number of carbonyl (C=O) groups is 1. The highest BCUT2D eigenvalue weighted by molar-refractivity contribution is 7.99. The number of aryl methyl sites for hydroxylation is 1. The van der Waals surface area contributed by atoms with E-state index in [0.717, 1.165) is 17.5 Å². The summed E-state index contributed by atoms with van der Waals surface area (Å²) in [6, 6.07) is 18.3. The molecule has 3 aromatic rings. The molecule has 0 aliphatic carbocycles. The van der Waals surface area contributed by atoms with Crippen LogP contribution in [-0.2, 0) is 17.8 Å². The minimum absolute atomic E-state index is 0.0377. The molecule has 3 rings (SSSR count). The monoisotopic (exact) mass is 381 g/mol. The van der Waals surface area contributed by atoms with E-state index in [1.54, 1.807) is 4.68 Å². The third-order valence-electron chi connectivity index (χ3n) is 4.27. The number of aromatic nitrogens is 4. The fourth-order valence-corrected chi connectivity index (χ4v) is 3.38. The van der Waals surface area contributed by atoms with E-state index in [1.807, 2.05) is 37.3 Å². The fraction of sp³-hybridized carbons (Fsp3) is 0.300. The van der Waals surface area contributed by atoms with Crippen molar-refractivity contribution in [3.63, 3.8) is 0 Å². The van der Waals surface area contributed by atoms with Crippen molar-refractivity contribution in [2.45, 2.75) is 38.0 Å². The number of tetrazole rings is 1. The number of hydrogen-bond acceptors (Lipinski definition) is 5. The Morgan fingerprint density at radius 1 is 1.11 bits per heavy atom. The Kier molecular flexibility index (Phi) is 6.59. The Hall–Kier alpha value is -2.67. The first kappa shape index (κ1) is 19.1. The van der Waals surface area contributed by atoms with Crippen molar-refractivity contribution < 1.29 is 4.79 Å². The average Bonchev–Trinajstić information content (AvgIpc) is 3.14. The molecule has 0 radical (unpaired) electrons. The van der Waals surface area contributed by atoms with Gasteiger partial charge in [0, 0.05) is 0 Å². The van der Waals surface area contributed by atoms with Crippen LogP contribution in [0.15, 0.2) is 59.8 Å². The number of benzene rings is 2. The predicted molar refractivity (Wildman–Crippen MR) is 106 cm³/mol. The number of thioether (sulfide) groups is 1. The number of carbonyl (C=O) groups excluding carboxylic acids is 1. The van der Waals surface area contributed by atoms with E-state index >= 15 is 0 Å². The van der Waals surface area contributed by atoms with E-state index in [4.69, 9.17) is 0 Å². The highest BCUT2D eigenvalue weighted by Crippen LogP contribution is 2.17. The summed E-state index contributed by atoms with van der Waals surface area (Å²) in [5, 5.41) is 15.4. The summed E-state index contributed by atoms with van der Waals surface area (Å²) >= 11 is 1.34. The normalized spacial score (nSPS) is 11.9. The van der Waals surface area contributed by atoms with E-state index in [9.17, 15) is 4.79 Å². The quantitative estimate of drug-likeness (QED) is 0.607. The van der Waals surface area contributed by atoms with Crippen LogP contribution in [-0.4, -0.2) is 31.9 Å². The van der Waals surface area contributed by atoms with Crippen LogP contribution in [0, 0.1) is 0 Å². The summed E-state index contributed by atoms with van der Waals surface area (Å²) in [6.07, 6.45) is 1.01. The first-order chi connectivity index (χ1) is 13.2. The zero-order valence-electron chi connectivity index (χ0n) is 15.5. The van der Waals surface area contributed by atoms with Gasteiger partial charge in [-0.05, 0) is 40.5 Å².